The number of ether oxygens (including phenoxy) is 1. The van der Waals surface area contributed by atoms with Gasteiger partial charge in [0.25, 0.3) is 5.56 Å². The highest BCUT2D eigenvalue weighted by Gasteiger charge is 2.48. The van der Waals surface area contributed by atoms with Gasteiger partial charge in [0.05, 0.1) is 12.7 Å². The highest BCUT2D eigenvalue weighted by molar-refractivity contribution is 5.11. The molecule has 1 aliphatic rings. The summed E-state index contributed by atoms with van der Waals surface area (Å²) < 4.78 is 7.42. The Morgan fingerprint density at radius 1 is 1.57 bits per heavy atom. The van der Waals surface area contributed by atoms with Gasteiger partial charge in [0.1, 0.15) is 12.2 Å². The van der Waals surface area contributed by atoms with E-state index in [1.54, 1.807) is 6.92 Å². The SMILES string of the molecule is CCn1c(=O)c(C)cn([C@@]2(C#N)C[C@H](O)[C@@H](CO)O2)c1=O. The molecule has 1 fully saturated rings. The summed E-state index contributed by atoms with van der Waals surface area (Å²) in [5.41, 5.74) is -2.54. The number of aliphatic hydroxyl groups is 2. The normalized spacial score (nSPS) is 28.5. The van der Waals surface area contributed by atoms with Crippen molar-refractivity contribution in [1.29, 1.82) is 5.26 Å². The Morgan fingerprint density at radius 3 is 2.71 bits per heavy atom. The largest absolute Gasteiger partial charge is 0.394 e. The standard InChI is InChI=1S/C13H17N3O5/c1-3-15-11(19)8(2)5-16(12(15)20)13(7-14)4-9(18)10(6-17)21-13/h5,9-10,17-18H,3-4,6H2,1-2H3/t9-,10+,13-/m0/s1. The maximum absolute atomic E-state index is 12.4. The van der Waals surface area contributed by atoms with Crippen molar-refractivity contribution < 1.29 is 14.9 Å². The summed E-state index contributed by atoms with van der Waals surface area (Å²) in [5.74, 6) is 0. The minimum absolute atomic E-state index is 0.157. The fraction of sp³-hybridized carbons (Fsp3) is 0.615. The van der Waals surface area contributed by atoms with Crippen molar-refractivity contribution in [3.8, 4) is 6.07 Å². The predicted octanol–water partition coefficient (Wildman–Crippen LogP) is -1.34. The van der Waals surface area contributed by atoms with Gasteiger partial charge >= 0.3 is 5.69 Å². The summed E-state index contributed by atoms with van der Waals surface area (Å²) in [6.07, 6.45) is -0.912. The van der Waals surface area contributed by atoms with E-state index in [-0.39, 0.29) is 18.5 Å². The molecule has 2 N–H and O–H groups in total. The Morgan fingerprint density at radius 2 is 2.24 bits per heavy atom. The van der Waals surface area contributed by atoms with Crippen molar-refractivity contribution in [1.82, 2.24) is 9.13 Å². The molecule has 8 heteroatoms. The summed E-state index contributed by atoms with van der Waals surface area (Å²) in [6, 6.07) is 1.88. The molecule has 8 nitrogen and oxygen atoms in total. The maximum atomic E-state index is 12.4. The third-order valence-electron chi connectivity index (χ3n) is 3.66. The van der Waals surface area contributed by atoms with E-state index < -0.39 is 35.8 Å². The van der Waals surface area contributed by atoms with Crippen LogP contribution in [0.25, 0.3) is 0 Å². The van der Waals surface area contributed by atoms with E-state index >= 15 is 0 Å². The Bertz CT molecular complexity index is 701. The number of aryl methyl sites for hydroxylation is 1. The highest BCUT2D eigenvalue weighted by Crippen LogP contribution is 2.33. The van der Waals surface area contributed by atoms with E-state index in [1.807, 2.05) is 6.07 Å². The van der Waals surface area contributed by atoms with Crippen LogP contribution in [0.5, 0.6) is 0 Å². The zero-order valence-corrected chi connectivity index (χ0v) is 11.8. The number of nitriles is 1. The number of hydrogen-bond acceptors (Lipinski definition) is 6. The van der Waals surface area contributed by atoms with Crippen molar-refractivity contribution in [3.63, 3.8) is 0 Å². The molecule has 0 bridgehead atoms. The smallest absolute Gasteiger partial charge is 0.334 e. The van der Waals surface area contributed by atoms with Crippen molar-refractivity contribution >= 4 is 0 Å². The number of aromatic nitrogens is 2. The van der Waals surface area contributed by atoms with Crippen LogP contribution in [0, 0.1) is 18.3 Å². The minimum Gasteiger partial charge on any atom is -0.394 e. The van der Waals surface area contributed by atoms with E-state index in [4.69, 9.17) is 9.84 Å². The zero-order valence-electron chi connectivity index (χ0n) is 11.8. The molecule has 0 radical (unpaired) electrons. The number of nitrogens with zero attached hydrogens (tertiary/aromatic N) is 3. The molecule has 2 heterocycles. The lowest BCUT2D eigenvalue weighted by molar-refractivity contribution is -0.0853. The van der Waals surface area contributed by atoms with E-state index in [0.717, 1.165) is 9.13 Å². The van der Waals surface area contributed by atoms with E-state index in [9.17, 15) is 20.0 Å². The molecule has 0 unspecified atom stereocenters. The van der Waals surface area contributed by atoms with Crippen LogP contribution in [0.15, 0.2) is 15.8 Å². The minimum atomic E-state index is -1.72. The molecular formula is C13H17N3O5. The maximum Gasteiger partial charge on any atom is 0.334 e. The van der Waals surface area contributed by atoms with Gasteiger partial charge in [-0.3, -0.25) is 13.9 Å². The molecule has 21 heavy (non-hydrogen) atoms. The van der Waals surface area contributed by atoms with Gasteiger partial charge in [0, 0.05) is 24.7 Å². The van der Waals surface area contributed by atoms with Crippen LogP contribution in [0.1, 0.15) is 18.9 Å². The van der Waals surface area contributed by atoms with Crippen molar-refractivity contribution in [2.24, 2.45) is 0 Å². The lowest BCUT2D eigenvalue weighted by atomic mass is 10.1. The van der Waals surface area contributed by atoms with Gasteiger partial charge < -0.3 is 14.9 Å². The van der Waals surface area contributed by atoms with Gasteiger partial charge in [0.2, 0.25) is 5.72 Å². The fourth-order valence-electron chi connectivity index (χ4n) is 2.50. The Hall–Kier alpha value is -1.95. The molecule has 2 rings (SSSR count). The van der Waals surface area contributed by atoms with Gasteiger partial charge in [-0.2, -0.15) is 5.26 Å². The summed E-state index contributed by atoms with van der Waals surface area (Å²) >= 11 is 0. The van der Waals surface area contributed by atoms with E-state index in [1.165, 1.54) is 13.1 Å². The zero-order chi connectivity index (χ0) is 15.8. The topological polar surface area (TPSA) is 117 Å². The van der Waals surface area contributed by atoms with Gasteiger partial charge in [0.15, 0.2) is 0 Å². The van der Waals surface area contributed by atoms with E-state index in [2.05, 4.69) is 0 Å². The van der Waals surface area contributed by atoms with Crippen LogP contribution in [0.4, 0.5) is 0 Å². The van der Waals surface area contributed by atoms with Crippen molar-refractivity contribution in [2.75, 3.05) is 6.61 Å². The van der Waals surface area contributed by atoms with Crippen LogP contribution >= 0.6 is 0 Å². The first-order chi connectivity index (χ1) is 9.90. The summed E-state index contributed by atoms with van der Waals surface area (Å²) in [7, 11) is 0. The van der Waals surface area contributed by atoms with Crippen LogP contribution in [0.3, 0.4) is 0 Å². The summed E-state index contributed by atoms with van der Waals surface area (Å²) in [6.45, 7) is 2.87. The number of aliphatic hydroxyl groups excluding tert-OH is 2. The first-order valence-electron chi connectivity index (χ1n) is 6.61. The highest BCUT2D eigenvalue weighted by atomic mass is 16.6. The molecule has 1 aromatic heterocycles. The molecule has 1 aliphatic heterocycles. The Balaban J connectivity index is 2.66. The molecule has 0 aromatic carbocycles. The quantitative estimate of drug-likeness (QED) is 0.712. The molecule has 0 saturated carbocycles. The van der Waals surface area contributed by atoms with Crippen LogP contribution in [-0.2, 0) is 17.0 Å². The predicted molar refractivity (Wildman–Crippen MR) is 71.5 cm³/mol. The fourth-order valence-corrected chi connectivity index (χ4v) is 2.50. The van der Waals surface area contributed by atoms with Crippen LogP contribution in [0.2, 0.25) is 0 Å². The Kier molecular flexibility index (Phi) is 4.00. The van der Waals surface area contributed by atoms with Gasteiger partial charge in [-0.1, -0.05) is 0 Å². The Labute approximate surface area is 120 Å². The lowest BCUT2D eigenvalue weighted by Gasteiger charge is -2.24. The number of rotatable bonds is 3. The molecule has 0 spiro atoms. The first kappa shape index (κ1) is 15.4. The first-order valence-corrected chi connectivity index (χ1v) is 6.61. The van der Waals surface area contributed by atoms with Gasteiger partial charge in [-0.25, -0.2) is 4.79 Å². The van der Waals surface area contributed by atoms with Gasteiger partial charge in [-0.15, -0.1) is 0 Å². The monoisotopic (exact) mass is 295 g/mol. The molecule has 0 aliphatic carbocycles. The average molecular weight is 295 g/mol. The third-order valence-corrected chi connectivity index (χ3v) is 3.66. The molecule has 1 aromatic rings. The van der Waals surface area contributed by atoms with E-state index in [0.29, 0.717) is 0 Å². The molecule has 1 saturated heterocycles. The lowest BCUT2D eigenvalue weighted by Crippen LogP contribution is -2.48. The third kappa shape index (κ3) is 2.29. The average Bonchev–Trinajstić information content (AvgIpc) is 2.81. The van der Waals surface area contributed by atoms with Gasteiger partial charge in [-0.05, 0) is 13.8 Å². The van der Waals surface area contributed by atoms with Crippen LogP contribution < -0.4 is 11.2 Å². The van der Waals surface area contributed by atoms with Crippen LogP contribution in [-0.4, -0.2) is 38.2 Å². The van der Waals surface area contributed by atoms with Crippen molar-refractivity contribution in [2.45, 2.75) is 44.7 Å². The molecule has 114 valence electrons. The summed E-state index contributed by atoms with van der Waals surface area (Å²) in [5, 5.41) is 28.4. The summed E-state index contributed by atoms with van der Waals surface area (Å²) in [4.78, 5) is 24.3. The molecule has 3 atom stereocenters. The number of hydrogen-bond donors (Lipinski definition) is 2. The van der Waals surface area contributed by atoms with Crippen molar-refractivity contribution in [3.05, 3.63) is 32.6 Å². The molecule has 0 amide bonds. The molecular weight excluding hydrogens is 278 g/mol. The second-order valence-corrected chi connectivity index (χ2v) is 5.02. The second kappa shape index (κ2) is 5.44. The second-order valence-electron chi connectivity index (χ2n) is 5.02.